The lowest BCUT2D eigenvalue weighted by atomic mass is 10.1. The van der Waals surface area contributed by atoms with E-state index in [4.69, 9.17) is 5.21 Å². The van der Waals surface area contributed by atoms with E-state index >= 15 is 0 Å². The first-order chi connectivity index (χ1) is 10.1. The molecule has 0 aromatic heterocycles. The number of anilines is 1. The van der Waals surface area contributed by atoms with Crippen LogP contribution in [0.5, 0.6) is 0 Å². The van der Waals surface area contributed by atoms with Gasteiger partial charge in [-0.25, -0.2) is 4.39 Å². The monoisotopic (exact) mass is 284 g/mol. The van der Waals surface area contributed by atoms with Crippen LogP contribution in [0.4, 0.5) is 10.1 Å². The molecule has 1 N–H and O–H groups in total. The minimum absolute atomic E-state index is 0.128. The summed E-state index contributed by atoms with van der Waals surface area (Å²) in [5.41, 5.74) is 2.79. The Morgan fingerprint density at radius 3 is 2.76 bits per heavy atom. The fourth-order valence-electron chi connectivity index (χ4n) is 2.53. The lowest BCUT2D eigenvalue weighted by molar-refractivity contribution is -0.112. The van der Waals surface area contributed by atoms with Crippen LogP contribution in [0.2, 0.25) is 0 Å². The maximum absolute atomic E-state index is 13.3. The third-order valence-corrected chi connectivity index (χ3v) is 3.48. The van der Waals surface area contributed by atoms with E-state index in [-0.39, 0.29) is 5.71 Å². The van der Waals surface area contributed by atoms with Crippen molar-refractivity contribution >= 4 is 17.3 Å². The number of halogens is 1. The molecule has 0 radical (unpaired) electrons. The topological polar surface area (TPSA) is 52.9 Å². The number of carbonyl (C=O) groups is 1. The number of hydrogen-bond donors (Lipinski definition) is 1. The Bertz CT molecular complexity index is 756. The Morgan fingerprint density at radius 1 is 1.24 bits per heavy atom. The molecule has 0 saturated heterocycles. The Hall–Kier alpha value is -2.69. The summed E-state index contributed by atoms with van der Waals surface area (Å²) in [5.74, 6) is -0.903. The Balaban J connectivity index is 2.02. The van der Waals surface area contributed by atoms with Gasteiger partial charge in [0.1, 0.15) is 5.82 Å². The van der Waals surface area contributed by atoms with E-state index in [0.29, 0.717) is 17.8 Å². The maximum Gasteiger partial charge on any atom is 0.281 e. The molecule has 21 heavy (non-hydrogen) atoms. The van der Waals surface area contributed by atoms with Gasteiger partial charge in [0, 0.05) is 5.56 Å². The van der Waals surface area contributed by atoms with Gasteiger partial charge in [-0.15, -0.1) is 0 Å². The molecule has 1 heterocycles. The number of carbonyl (C=O) groups excluding carboxylic acids is 1. The summed E-state index contributed by atoms with van der Waals surface area (Å²) < 4.78 is 13.3. The zero-order chi connectivity index (χ0) is 15.0. The van der Waals surface area contributed by atoms with Crippen LogP contribution < -0.4 is 4.90 Å². The third kappa shape index (κ3) is 2.27. The number of oxime groups is 1. The van der Waals surface area contributed by atoms with Crippen molar-refractivity contribution in [2.24, 2.45) is 5.16 Å². The molecule has 1 aliphatic heterocycles. The highest BCUT2D eigenvalue weighted by atomic mass is 19.1. The molecule has 0 unspecified atom stereocenters. The van der Waals surface area contributed by atoms with Crippen LogP contribution in [0, 0.1) is 12.7 Å². The van der Waals surface area contributed by atoms with E-state index in [2.05, 4.69) is 5.16 Å². The lowest BCUT2D eigenvalue weighted by Crippen LogP contribution is -2.29. The van der Waals surface area contributed by atoms with E-state index in [1.54, 1.807) is 0 Å². The molecule has 1 amide bonds. The van der Waals surface area contributed by atoms with Crippen molar-refractivity contribution in [1.29, 1.82) is 0 Å². The second-order valence-corrected chi connectivity index (χ2v) is 4.99. The molecule has 0 aliphatic carbocycles. The number of rotatable bonds is 2. The van der Waals surface area contributed by atoms with E-state index in [1.807, 2.05) is 31.2 Å². The van der Waals surface area contributed by atoms with Crippen LogP contribution in [0.15, 0.2) is 47.6 Å². The number of nitrogens with zero attached hydrogens (tertiary/aromatic N) is 2. The van der Waals surface area contributed by atoms with Crippen LogP contribution in [0.1, 0.15) is 16.7 Å². The van der Waals surface area contributed by atoms with Gasteiger partial charge in [-0.3, -0.25) is 4.79 Å². The third-order valence-electron chi connectivity index (χ3n) is 3.48. The standard InChI is InChI=1S/C16H13FN2O2/c1-10-3-2-4-11(7-10)9-19-14-6-5-12(17)8-13(14)15(18-21)16(19)20/h2-8,21H,9H2,1H3/b18-15-. The van der Waals surface area contributed by atoms with Gasteiger partial charge < -0.3 is 10.1 Å². The number of hydrogen-bond acceptors (Lipinski definition) is 3. The highest BCUT2D eigenvalue weighted by molar-refractivity contribution is 6.54. The van der Waals surface area contributed by atoms with Crippen molar-refractivity contribution in [3.8, 4) is 0 Å². The number of aryl methyl sites for hydroxylation is 1. The summed E-state index contributed by atoms with van der Waals surface area (Å²) in [6.07, 6.45) is 0. The second kappa shape index (κ2) is 5.01. The predicted molar refractivity (Wildman–Crippen MR) is 77.1 cm³/mol. The van der Waals surface area contributed by atoms with E-state index in [1.165, 1.54) is 23.1 Å². The van der Waals surface area contributed by atoms with Crippen LogP contribution in [-0.2, 0) is 11.3 Å². The zero-order valence-electron chi connectivity index (χ0n) is 11.4. The zero-order valence-corrected chi connectivity index (χ0v) is 11.4. The quantitative estimate of drug-likeness (QED) is 0.681. The van der Waals surface area contributed by atoms with Crippen molar-refractivity contribution in [2.75, 3.05) is 4.90 Å². The minimum atomic E-state index is -0.472. The molecular formula is C16H13FN2O2. The first kappa shape index (κ1) is 13.3. The van der Waals surface area contributed by atoms with Crippen molar-refractivity contribution in [3.05, 3.63) is 65.0 Å². The number of amides is 1. The molecule has 0 saturated carbocycles. The SMILES string of the molecule is Cc1cccc(CN2C(=O)/C(=N\O)c3cc(F)ccc32)c1. The molecule has 3 rings (SSSR count). The predicted octanol–water partition coefficient (Wildman–Crippen LogP) is 2.86. The summed E-state index contributed by atoms with van der Waals surface area (Å²) in [7, 11) is 0. The lowest BCUT2D eigenvalue weighted by Gasteiger charge is -2.17. The highest BCUT2D eigenvalue weighted by Crippen LogP contribution is 2.31. The fourth-order valence-corrected chi connectivity index (χ4v) is 2.53. The molecule has 0 spiro atoms. The first-order valence-electron chi connectivity index (χ1n) is 6.49. The molecule has 0 atom stereocenters. The Morgan fingerprint density at radius 2 is 2.05 bits per heavy atom. The first-order valence-corrected chi connectivity index (χ1v) is 6.49. The summed E-state index contributed by atoms with van der Waals surface area (Å²) in [6.45, 7) is 2.32. The molecule has 0 bridgehead atoms. The normalized spacial score (nSPS) is 15.6. The average Bonchev–Trinajstić information content (AvgIpc) is 2.70. The van der Waals surface area contributed by atoms with Gasteiger partial charge in [0.25, 0.3) is 5.91 Å². The van der Waals surface area contributed by atoms with Gasteiger partial charge in [0.15, 0.2) is 5.71 Å². The molecular weight excluding hydrogens is 271 g/mol. The van der Waals surface area contributed by atoms with Crippen LogP contribution in [-0.4, -0.2) is 16.8 Å². The van der Waals surface area contributed by atoms with Gasteiger partial charge in [-0.1, -0.05) is 35.0 Å². The summed E-state index contributed by atoms with van der Waals surface area (Å²) >= 11 is 0. The summed E-state index contributed by atoms with van der Waals surface area (Å²) in [4.78, 5) is 13.8. The Labute approximate surface area is 121 Å². The van der Waals surface area contributed by atoms with E-state index in [0.717, 1.165) is 11.1 Å². The summed E-state index contributed by atoms with van der Waals surface area (Å²) in [6, 6.07) is 11.8. The molecule has 2 aromatic rings. The minimum Gasteiger partial charge on any atom is -0.410 e. The maximum atomic E-state index is 13.3. The fraction of sp³-hybridized carbons (Fsp3) is 0.125. The molecule has 2 aromatic carbocycles. The van der Waals surface area contributed by atoms with Crippen molar-refractivity contribution in [2.45, 2.75) is 13.5 Å². The van der Waals surface area contributed by atoms with E-state index in [9.17, 15) is 9.18 Å². The largest absolute Gasteiger partial charge is 0.410 e. The van der Waals surface area contributed by atoms with Crippen LogP contribution in [0.3, 0.4) is 0 Å². The van der Waals surface area contributed by atoms with E-state index < -0.39 is 11.7 Å². The average molecular weight is 284 g/mol. The van der Waals surface area contributed by atoms with Crippen molar-refractivity contribution < 1.29 is 14.4 Å². The Kier molecular flexibility index (Phi) is 3.17. The molecule has 1 aliphatic rings. The van der Waals surface area contributed by atoms with Gasteiger partial charge >= 0.3 is 0 Å². The van der Waals surface area contributed by atoms with Gasteiger partial charge in [0.05, 0.1) is 12.2 Å². The van der Waals surface area contributed by atoms with Gasteiger partial charge in [0.2, 0.25) is 0 Å². The summed E-state index contributed by atoms with van der Waals surface area (Å²) in [5, 5.41) is 12.0. The van der Waals surface area contributed by atoms with Gasteiger partial charge in [-0.05, 0) is 30.7 Å². The molecule has 5 heteroatoms. The second-order valence-electron chi connectivity index (χ2n) is 4.99. The smallest absolute Gasteiger partial charge is 0.281 e. The number of benzene rings is 2. The van der Waals surface area contributed by atoms with Crippen LogP contribution >= 0.6 is 0 Å². The van der Waals surface area contributed by atoms with Gasteiger partial charge in [-0.2, -0.15) is 0 Å². The molecule has 4 nitrogen and oxygen atoms in total. The van der Waals surface area contributed by atoms with Crippen LogP contribution in [0.25, 0.3) is 0 Å². The highest BCUT2D eigenvalue weighted by Gasteiger charge is 2.34. The molecule has 106 valence electrons. The molecule has 0 fully saturated rings. The van der Waals surface area contributed by atoms with Crippen molar-refractivity contribution in [3.63, 3.8) is 0 Å². The van der Waals surface area contributed by atoms with Crippen molar-refractivity contribution in [1.82, 2.24) is 0 Å². The number of fused-ring (bicyclic) bond motifs is 1.